The maximum Gasteiger partial charge on any atom is 0.233 e. The van der Waals surface area contributed by atoms with Crippen LogP contribution in [0.1, 0.15) is 19.3 Å². The number of rotatable bonds is 6. The van der Waals surface area contributed by atoms with Crippen molar-refractivity contribution in [2.75, 3.05) is 52.9 Å². The summed E-state index contributed by atoms with van der Waals surface area (Å²) in [6.45, 7) is 2.20. The van der Waals surface area contributed by atoms with Gasteiger partial charge in [0.05, 0.1) is 34.5 Å². The number of benzene rings is 1. The van der Waals surface area contributed by atoms with E-state index in [-0.39, 0.29) is 12.3 Å². The maximum atomic E-state index is 12.5. The van der Waals surface area contributed by atoms with Gasteiger partial charge in [0.15, 0.2) is 17.3 Å². The Morgan fingerprint density at radius 2 is 1.61 bits per heavy atom. The number of likely N-dealkylation sites (tertiary alicyclic amines) is 1. The quantitative estimate of drug-likeness (QED) is 0.729. The Bertz CT molecular complexity index is 696. The van der Waals surface area contributed by atoms with Gasteiger partial charge in [-0.25, -0.2) is 0 Å². The Balaban J connectivity index is 1.57. The molecule has 154 valence electrons. The van der Waals surface area contributed by atoms with Gasteiger partial charge in [-0.3, -0.25) is 9.59 Å². The lowest BCUT2D eigenvalue weighted by Crippen LogP contribution is -2.47. The van der Waals surface area contributed by atoms with Crippen LogP contribution in [0.5, 0.6) is 17.2 Å². The van der Waals surface area contributed by atoms with E-state index in [4.69, 9.17) is 23.7 Å². The van der Waals surface area contributed by atoms with Crippen LogP contribution in [0.3, 0.4) is 0 Å². The second-order valence-corrected chi connectivity index (χ2v) is 6.63. The van der Waals surface area contributed by atoms with E-state index in [2.05, 4.69) is 5.32 Å². The van der Waals surface area contributed by atoms with E-state index in [0.717, 1.165) is 0 Å². The van der Waals surface area contributed by atoms with Crippen LogP contribution >= 0.6 is 0 Å². The highest BCUT2D eigenvalue weighted by Gasteiger charge is 2.40. The van der Waals surface area contributed by atoms with E-state index < -0.39 is 11.7 Å². The summed E-state index contributed by atoms with van der Waals surface area (Å²) in [7, 11) is 4.49. The molecule has 28 heavy (non-hydrogen) atoms. The second-order valence-electron chi connectivity index (χ2n) is 6.63. The van der Waals surface area contributed by atoms with Crippen molar-refractivity contribution in [1.29, 1.82) is 0 Å². The summed E-state index contributed by atoms with van der Waals surface area (Å²) >= 11 is 0. The lowest BCUT2D eigenvalue weighted by atomic mass is 10.0. The summed E-state index contributed by atoms with van der Waals surface area (Å²) in [5.41, 5.74) is 0.456. The molecule has 0 aliphatic carbocycles. The summed E-state index contributed by atoms with van der Waals surface area (Å²) in [5.74, 6) is 0.0843. The third kappa shape index (κ3) is 4.31. The maximum absolute atomic E-state index is 12.5. The average molecular weight is 394 g/mol. The largest absolute Gasteiger partial charge is 0.493 e. The molecule has 9 heteroatoms. The molecule has 2 saturated heterocycles. The number of hydrogen-bond acceptors (Lipinski definition) is 7. The van der Waals surface area contributed by atoms with Crippen molar-refractivity contribution >= 4 is 17.5 Å². The summed E-state index contributed by atoms with van der Waals surface area (Å²) in [6, 6.07) is 3.23. The first-order valence-electron chi connectivity index (χ1n) is 9.16. The molecule has 2 heterocycles. The third-order valence-corrected chi connectivity index (χ3v) is 4.95. The van der Waals surface area contributed by atoms with Gasteiger partial charge in [-0.2, -0.15) is 0 Å². The van der Waals surface area contributed by atoms with Crippen molar-refractivity contribution in [1.82, 2.24) is 4.90 Å². The normalized spacial score (nSPS) is 18.0. The number of nitrogens with zero attached hydrogens (tertiary/aromatic N) is 1. The van der Waals surface area contributed by atoms with E-state index in [9.17, 15) is 9.59 Å². The number of ether oxygens (including phenoxy) is 5. The monoisotopic (exact) mass is 394 g/mol. The van der Waals surface area contributed by atoms with Crippen LogP contribution in [0.2, 0.25) is 0 Å². The molecule has 0 bridgehead atoms. The van der Waals surface area contributed by atoms with E-state index >= 15 is 0 Å². The number of amides is 2. The molecule has 1 aromatic carbocycles. The lowest BCUT2D eigenvalue weighted by molar-refractivity contribution is -0.187. The van der Waals surface area contributed by atoms with Gasteiger partial charge in [0, 0.05) is 43.8 Å². The summed E-state index contributed by atoms with van der Waals surface area (Å²) in [5, 5.41) is 2.71. The zero-order valence-corrected chi connectivity index (χ0v) is 16.4. The minimum atomic E-state index is -0.546. The fraction of sp³-hybridized carbons (Fsp3) is 0.579. The predicted octanol–water partition coefficient (Wildman–Crippen LogP) is 1.41. The van der Waals surface area contributed by atoms with Crippen molar-refractivity contribution in [3.8, 4) is 17.2 Å². The Morgan fingerprint density at radius 3 is 2.11 bits per heavy atom. The molecule has 1 spiro atoms. The average Bonchev–Trinajstić information content (AvgIpc) is 3.15. The fourth-order valence-electron chi connectivity index (χ4n) is 3.49. The number of hydrogen-bond donors (Lipinski definition) is 1. The van der Waals surface area contributed by atoms with Gasteiger partial charge < -0.3 is 33.9 Å². The summed E-state index contributed by atoms with van der Waals surface area (Å²) in [6.07, 6.45) is 0.992. The smallest absolute Gasteiger partial charge is 0.233 e. The van der Waals surface area contributed by atoms with Crippen LogP contribution < -0.4 is 19.5 Å². The molecule has 0 saturated carbocycles. The Hall–Kier alpha value is -2.52. The zero-order chi connectivity index (χ0) is 20.1. The van der Waals surface area contributed by atoms with Gasteiger partial charge in [0.1, 0.15) is 6.42 Å². The van der Waals surface area contributed by atoms with Gasteiger partial charge in [0.25, 0.3) is 0 Å². The van der Waals surface area contributed by atoms with Gasteiger partial charge >= 0.3 is 0 Å². The van der Waals surface area contributed by atoms with Crippen molar-refractivity contribution in [2.24, 2.45) is 0 Å². The lowest BCUT2D eigenvalue weighted by Gasteiger charge is -2.37. The van der Waals surface area contributed by atoms with E-state index in [1.54, 1.807) is 17.0 Å². The van der Waals surface area contributed by atoms with E-state index in [1.165, 1.54) is 21.3 Å². The van der Waals surface area contributed by atoms with Crippen LogP contribution in [0.15, 0.2) is 12.1 Å². The summed E-state index contributed by atoms with van der Waals surface area (Å²) < 4.78 is 27.1. The molecule has 0 radical (unpaired) electrons. The highest BCUT2D eigenvalue weighted by atomic mass is 16.7. The Labute approximate surface area is 163 Å². The fourth-order valence-corrected chi connectivity index (χ4v) is 3.49. The molecule has 1 aromatic rings. The molecule has 2 fully saturated rings. The first-order valence-corrected chi connectivity index (χ1v) is 9.16. The standard InChI is InChI=1S/C19H26N2O7/c1-24-14-10-13(11-15(25-2)18(14)26-3)20-16(22)12-17(23)21-6-4-19(5-7-21)27-8-9-28-19/h10-11H,4-9,12H2,1-3H3,(H,20,22). The minimum absolute atomic E-state index is 0.224. The van der Waals surface area contributed by atoms with Crippen LogP contribution in [-0.2, 0) is 19.1 Å². The Kier molecular flexibility index (Phi) is 6.25. The molecule has 2 amide bonds. The third-order valence-electron chi connectivity index (χ3n) is 4.95. The van der Waals surface area contributed by atoms with Crippen molar-refractivity contribution < 1.29 is 33.3 Å². The molecule has 2 aliphatic rings. The number of anilines is 1. The number of carbonyl (C=O) groups excluding carboxylic acids is 2. The number of carbonyl (C=O) groups is 2. The van der Waals surface area contributed by atoms with Crippen molar-refractivity contribution in [3.63, 3.8) is 0 Å². The molecule has 9 nitrogen and oxygen atoms in total. The molecule has 1 N–H and O–H groups in total. The van der Waals surface area contributed by atoms with Gasteiger partial charge in [-0.1, -0.05) is 0 Å². The highest BCUT2D eigenvalue weighted by molar-refractivity contribution is 6.03. The van der Waals surface area contributed by atoms with E-state index in [1.807, 2.05) is 0 Å². The second kappa shape index (κ2) is 8.66. The molecule has 3 rings (SSSR count). The van der Waals surface area contributed by atoms with Crippen LogP contribution in [0, 0.1) is 0 Å². The van der Waals surface area contributed by atoms with Crippen molar-refractivity contribution in [2.45, 2.75) is 25.0 Å². The molecular weight excluding hydrogens is 368 g/mol. The zero-order valence-electron chi connectivity index (χ0n) is 16.4. The van der Waals surface area contributed by atoms with Gasteiger partial charge in [-0.15, -0.1) is 0 Å². The molecule has 0 aromatic heterocycles. The minimum Gasteiger partial charge on any atom is -0.493 e. The molecule has 0 atom stereocenters. The molecule has 2 aliphatic heterocycles. The molecule has 0 unspecified atom stereocenters. The molecular formula is C19H26N2O7. The highest BCUT2D eigenvalue weighted by Crippen LogP contribution is 2.40. The number of nitrogens with one attached hydrogen (secondary N) is 1. The van der Waals surface area contributed by atoms with Crippen LogP contribution in [0.25, 0.3) is 0 Å². The first kappa shape index (κ1) is 20.2. The van der Waals surface area contributed by atoms with Crippen molar-refractivity contribution in [3.05, 3.63) is 12.1 Å². The number of methoxy groups -OCH3 is 3. The SMILES string of the molecule is COc1cc(NC(=O)CC(=O)N2CCC3(CC2)OCCO3)cc(OC)c1OC. The Morgan fingerprint density at radius 1 is 1.04 bits per heavy atom. The van der Waals surface area contributed by atoms with E-state index in [0.29, 0.717) is 62.1 Å². The first-order chi connectivity index (χ1) is 13.5. The topological polar surface area (TPSA) is 95.6 Å². The van der Waals surface area contributed by atoms with Gasteiger partial charge in [-0.05, 0) is 0 Å². The predicted molar refractivity (Wildman–Crippen MR) is 99.8 cm³/mol. The van der Waals surface area contributed by atoms with Gasteiger partial charge in [0.2, 0.25) is 17.6 Å². The van der Waals surface area contributed by atoms with Crippen LogP contribution in [0.4, 0.5) is 5.69 Å². The number of piperidine rings is 1. The van der Waals surface area contributed by atoms with Crippen LogP contribution in [-0.4, -0.2) is 70.1 Å². The summed E-state index contributed by atoms with van der Waals surface area (Å²) in [4.78, 5) is 26.5.